The van der Waals surface area contributed by atoms with E-state index in [1.54, 1.807) is 39.1 Å². The Morgan fingerprint density at radius 3 is 2.48 bits per heavy atom. The Labute approximate surface area is 234 Å². The van der Waals surface area contributed by atoms with Gasteiger partial charge in [0.1, 0.15) is 5.69 Å². The van der Waals surface area contributed by atoms with Crippen LogP contribution in [0.25, 0.3) is 11.3 Å². The van der Waals surface area contributed by atoms with Crippen LogP contribution >= 0.6 is 0 Å². The van der Waals surface area contributed by atoms with Gasteiger partial charge in [-0.25, -0.2) is 18.6 Å². The number of benzene rings is 2. The Kier molecular flexibility index (Phi) is 9.77. The molecule has 3 aromatic rings. The average molecular weight is 567 g/mol. The van der Waals surface area contributed by atoms with Crippen LogP contribution < -0.4 is 21.2 Å². The van der Waals surface area contributed by atoms with E-state index in [4.69, 9.17) is 11.0 Å². The van der Waals surface area contributed by atoms with Crippen LogP contribution in [0.4, 0.5) is 5.69 Å². The smallest absolute Gasteiger partial charge is 0.242 e. The van der Waals surface area contributed by atoms with Gasteiger partial charge in [-0.3, -0.25) is 15.4 Å². The highest BCUT2D eigenvalue weighted by molar-refractivity contribution is 7.89. The van der Waals surface area contributed by atoms with Crippen LogP contribution in [0.1, 0.15) is 12.0 Å². The van der Waals surface area contributed by atoms with Crippen molar-refractivity contribution in [2.24, 2.45) is 11.0 Å². The minimum atomic E-state index is -3.89. The second kappa shape index (κ2) is 13.4. The van der Waals surface area contributed by atoms with Gasteiger partial charge >= 0.3 is 0 Å². The molecule has 2 aromatic carbocycles. The molecule has 212 valence electrons. The highest BCUT2D eigenvalue weighted by Gasteiger charge is 2.24. The molecule has 0 atom stereocenters. The normalized spacial score (nSPS) is 14.4. The molecule has 2 heterocycles. The Morgan fingerprint density at radius 2 is 1.70 bits per heavy atom. The van der Waals surface area contributed by atoms with Crippen LogP contribution in [0.15, 0.2) is 71.8 Å². The molecule has 0 radical (unpaired) electrons. The zero-order chi connectivity index (χ0) is 28.5. The summed E-state index contributed by atoms with van der Waals surface area (Å²) in [4.78, 5) is 30.0. The molecule has 0 saturated carbocycles. The summed E-state index contributed by atoms with van der Waals surface area (Å²) in [6.45, 7) is 2.37. The fourth-order valence-corrected chi connectivity index (χ4v) is 5.42. The molecular formula is C27H34N8O4S. The highest BCUT2D eigenvalue weighted by Crippen LogP contribution is 2.28. The fourth-order valence-electron chi connectivity index (χ4n) is 4.61. The van der Waals surface area contributed by atoms with Crippen molar-refractivity contribution in [2.75, 3.05) is 50.7 Å². The van der Waals surface area contributed by atoms with E-state index in [0.717, 1.165) is 12.0 Å². The first kappa shape index (κ1) is 29.1. The SMILES string of the molecule is NN1CCCN(C(=O)CN(CC(=O)NCCc2ccccc2S(N)(=O)=O)c2ccnnc2-c2ccccc2)CC1. The molecule has 0 aliphatic carbocycles. The number of amides is 2. The molecule has 13 heteroatoms. The molecule has 1 fully saturated rings. The molecule has 4 rings (SSSR count). The summed E-state index contributed by atoms with van der Waals surface area (Å²) in [5, 5.41) is 18.2. The third-order valence-corrected chi connectivity index (χ3v) is 7.64. The number of aromatic nitrogens is 2. The van der Waals surface area contributed by atoms with Gasteiger partial charge in [0.25, 0.3) is 0 Å². The maximum Gasteiger partial charge on any atom is 0.242 e. The number of sulfonamides is 1. The minimum absolute atomic E-state index is 0.0281. The number of rotatable bonds is 10. The third-order valence-electron chi connectivity index (χ3n) is 6.63. The number of carbonyl (C=O) groups is 2. The second-order valence-corrected chi connectivity index (χ2v) is 11.0. The van der Waals surface area contributed by atoms with Gasteiger partial charge in [-0.05, 0) is 30.5 Å². The summed E-state index contributed by atoms with van der Waals surface area (Å²) >= 11 is 0. The van der Waals surface area contributed by atoms with Crippen molar-refractivity contribution < 1.29 is 18.0 Å². The van der Waals surface area contributed by atoms with Crippen molar-refractivity contribution in [2.45, 2.75) is 17.7 Å². The van der Waals surface area contributed by atoms with E-state index in [0.29, 0.717) is 43.1 Å². The van der Waals surface area contributed by atoms with Crippen LogP contribution in [-0.2, 0) is 26.0 Å². The van der Waals surface area contributed by atoms with Gasteiger partial charge < -0.3 is 15.1 Å². The van der Waals surface area contributed by atoms with Crippen LogP contribution in [0, 0.1) is 0 Å². The number of nitrogens with one attached hydrogen (secondary N) is 1. The molecule has 1 saturated heterocycles. The Morgan fingerprint density at radius 1 is 0.950 bits per heavy atom. The zero-order valence-corrected chi connectivity index (χ0v) is 23.0. The number of hydrazine groups is 1. The molecule has 0 spiro atoms. The third kappa shape index (κ3) is 7.82. The van der Waals surface area contributed by atoms with Crippen LogP contribution in [0.5, 0.6) is 0 Å². The van der Waals surface area contributed by atoms with Crippen LogP contribution in [0.3, 0.4) is 0 Å². The fraction of sp³-hybridized carbons (Fsp3) is 0.333. The number of anilines is 1. The van der Waals surface area contributed by atoms with Crippen molar-refractivity contribution >= 4 is 27.5 Å². The molecule has 1 aromatic heterocycles. The number of primary sulfonamides is 1. The van der Waals surface area contributed by atoms with Gasteiger partial charge in [0, 0.05) is 38.3 Å². The summed E-state index contributed by atoms with van der Waals surface area (Å²) in [6.07, 6.45) is 2.56. The lowest BCUT2D eigenvalue weighted by atomic mass is 10.1. The number of carbonyl (C=O) groups excluding carboxylic acids is 2. The second-order valence-electron chi connectivity index (χ2n) is 9.51. The summed E-state index contributed by atoms with van der Waals surface area (Å²) in [5.74, 6) is 5.48. The Hall–Kier alpha value is -3.91. The van der Waals surface area contributed by atoms with E-state index in [-0.39, 0.29) is 42.8 Å². The van der Waals surface area contributed by atoms with Crippen LogP contribution in [0.2, 0.25) is 0 Å². The van der Waals surface area contributed by atoms with E-state index in [1.165, 1.54) is 12.3 Å². The van der Waals surface area contributed by atoms with Gasteiger partial charge in [0.05, 0.1) is 29.9 Å². The predicted octanol–water partition coefficient (Wildman–Crippen LogP) is 0.364. The minimum Gasteiger partial charge on any atom is -0.354 e. The largest absolute Gasteiger partial charge is 0.354 e. The van der Waals surface area contributed by atoms with E-state index in [9.17, 15) is 18.0 Å². The molecule has 1 aliphatic rings. The quantitative estimate of drug-likeness (QED) is 0.294. The molecule has 1 aliphatic heterocycles. The van der Waals surface area contributed by atoms with Gasteiger partial charge in [-0.15, -0.1) is 5.10 Å². The highest BCUT2D eigenvalue weighted by atomic mass is 32.2. The van der Waals surface area contributed by atoms with Gasteiger partial charge in [0.2, 0.25) is 21.8 Å². The van der Waals surface area contributed by atoms with Gasteiger partial charge in [-0.1, -0.05) is 48.5 Å². The molecule has 12 nitrogen and oxygen atoms in total. The number of hydrogen-bond acceptors (Lipinski definition) is 9. The Balaban J connectivity index is 1.51. The maximum atomic E-state index is 13.4. The summed E-state index contributed by atoms with van der Waals surface area (Å²) in [7, 11) is -3.89. The van der Waals surface area contributed by atoms with E-state index in [2.05, 4.69) is 15.5 Å². The average Bonchev–Trinajstić information content (AvgIpc) is 3.17. The first-order valence-corrected chi connectivity index (χ1v) is 14.5. The Bertz CT molecular complexity index is 1420. The van der Waals surface area contributed by atoms with Gasteiger partial charge in [0.15, 0.2) is 0 Å². The van der Waals surface area contributed by atoms with Gasteiger partial charge in [-0.2, -0.15) is 5.10 Å². The molecule has 0 unspecified atom stereocenters. The zero-order valence-electron chi connectivity index (χ0n) is 22.1. The van der Waals surface area contributed by atoms with E-state index in [1.807, 2.05) is 30.3 Å². The molecular weight excluding hydrogens is 532 g/mol. The van der Waals surface area contributed by atoms with Crippen molar-refractivity contribution in [3.05, 3.63) is 72.4 Å². The molecule has 0 bridgehead atoms. The lowest BCUT2D eigenvalue weighted by Gasteiger charge is -2.28. The lowest BCUT2D eigenvalue weighted by molar-refractivity contribution is -0.129. The van der Waals surface area contributed by atoms with Crippen LogP contribution in [-0.4, -0.2) is 86.2 Å². The topological polar surface area (TPSA) is 168 Å². The van der Waals surface area contributed by atoms with Crippen molar-refractivity contribution in [1.82, 2.24) is 25.4 Å². The lowest BCUT2D eigenvalue weighted by Crippen LogP contribution is -2.46. The first-order valence-electron chi connectivity index (χ1n) is 13.0. The first-order chi connectivity index (χ1) is 19.2. The molecule has 40 heavy (non-hydrogen) atoms. The summed E-state index contributed by atoms with van der Waals surface area (Å²) in [6, 6.07) is 17.6. The summed E-state index contributed by atoms with van der Waals surface area (Å²) in [5.41, 5.74) is 2.46. The van der Waals surface area contributed by atoms with Crippen molar-refractivity contribution in [3.63, 3.8) is 0 Å². The standard InChI is InChI=1S/C27H34N8O4S/c28-35-16-6-15-33(17-18-35)26(37)20-34(23-12-14-31-32-27(23)22-8-2-1-3-9-22)19-25(36)30-13-11-21-7-4-5-10-24(21)40(29,38)39/h1-5,7-10,12,14H,6,11,13,15-20,28H2,(H,30,36)(H2,29,38,39). The molecule has 2 amide bonds. The van der Waals surface area contributed by atoms with E-state index < -0.39 is 10.0 Å². The van der Waals surface area contributed by atoms with E-state index >= 15 is 0 Å². The molecule has 5 N–H and O–H groups in total. The monoisotopic (exact) mass is 566 g/mol. The van der Waals surface area contributed by atoms with Crippen molar-refractivity contribution in [1.29, 1.82) is 0 Å². The number of hydrogen-bond donors (Lipinski definition) is 3. The maximum absolute atomic E-state index is 13.4. The number of nitrogens with zero attached hydrogens (tertiary/aromatic N) is 5. The summed E-state index contributed by atoms with van der Waals surface area (Å²) < 4.78 is 23.8. The number of nitrogens with two attached hydrogens (primary N) is 2. The predicted molar refractivity (Wildman–Crippen MR) is 151 cm³/mol. The van der Waals surface area contributed by atoms with Crippen molar-refractivity contribution in [3.8, 4) is 11.3 Å².